The van der Waals surface area contributed by atoms with E-state index in [4.69, 9.17) is 9.47 Å². The van der Waals surface area contributed by atoms with E-state index in [0.29, 0.717) is 6.61 Å². The average Bonchev–Trinajstić information content (AvgIpc) is 2.46. The molecule has 0 heterocycles. The number of rotatable bonds is 5. The van der Waals surface area contributed by atoms with E-state index < -0.39 is 0 Å². The number of halogens is 3. The topological polar surface area (TPSA) is 18.5 Å². The first-order valence-corrected chi connectivity index (χ1v) is 8.64. The maximum Gasteiger partial charge on any atom is 0.133 e. The Hall–Kier alpha value is -0.520. The van der Waals surface area contributed by atoms with Gasteiger partial charge in [0, 0.05) is 15.4 Å². The molecular weight excluding hydrogens is 452 g/mol. The van der Waals surface area contributed by atoms with Crippen LogP contribution in [0, 0.1) is 0 Å². The number of hydrogen-bond donors (Lipinski definition) is 0. The summed E-state index contributed by atoms with van der Waals surface area (Å²) in [5, 5.41) is 0.758. The van der Waals surface area contributed by atoms with E-state index in [2.05, 4.69) is 47.8 Å². The van der Waals surface area contributed by atoms with Crippen molar-refractivity contribution >= 4 is 47.8 Å². The van der Waals surface area contributed by atoms with Crippen LogP contribution in [0.2, 0.25) is 0 Å². The van der Waals surface area contributed by atoms with Gasteiger partial charge >= 0.3 is 0 Å². The molecular formula is C15H13Br3O2. The van der Waals surface area contributed by atoms with Crippen molar-refractivity contribution in [2.24, 2.45) is 0 Å². The molecule has 0 spiro atoms. The van der Waals surface area contributed by atoms with Crippen LogP contribution in [-0.2, 0) is 11.9 Å². The number of benzene rings is 2. The summed E-state index contributed by atoms with van der Waals surface area (Å²) in [7, 11) is 1.65. The Labute approximate surface area is 143 Å². The van der Waals surface area contributed by atoms with Crippen LogP contribution in [0.25, 0.3) is 0 Å². The summed E-state index contributed by atoms with van der Waals surface area (Å²) in [5.41, 5.74) is 2.20. The molecule has 0 aromatic heterocycles. The van der Waals surface area contributed by atoms with Gasteiger partial charge in [-0.05, 0) is 51.8 Å². The first kappa shape index (κ1) is 15.9. The molecule has 0 N–H and O–H groups in total. The third kappa shape index (κ3) is 3.99. The minimum atomic E-state index is 0.518. The standard InChI is InChI=1S/C15H13Br3O2/c1-19-15-4-2-10(6-13(15)18)9-20-14-5-3-12(17)7-11(14)8-16/h2-7H,8-9H2,1H3. The van der Waals surface area contributed by atoms with E-state index >= 15 is 0 Å². The molecule has 0 radical (unpaired) electrons. The summed E-state index contributed by atoms with van der Waals surface area (Å²) < 4.78 is 13.1. The molecule has 2 rings (SSSR count). The highest BCUT2D eigenvalue weighted by atomic mass is 79.9. The fraction of sp³-hybridized carbons (Fsp3) is 0.200. The lowest BCUT2D eigenvalue weighted by molar-refractivity contribution is 0.303. The van der Waals surface area contributed by atoms with Gasteiger partial charge in [0.15, 0.2) is 0 Å². The molecule has 0 saturated heterocycles. The highest BCUT2D eigenvalue weighted by Gasteiger charge is 2.06. The minimum Gasteiger partial charge on any atom is -0.496 e. The Bertz CT molecular complexity index is 600. The summed E-state index contributed by atoms with van der Waals surface area (Å²) in [5.74, 6) is 1.70. The molecule has 106 valence electrons. The van der Waals surface area contributed by atoms with Gasteiger partial charge in [-0.25, -0.2) is 0 Å². The fourth-order valence-corrected chi connectivity index (χ4v) is 3.19. The van der Waals surface area contributed by atoms with Crippen LogP contribution in [0.15, 0.2) is 45.3 Å². The predicted molar refractivity (Wildman–Crippen MR) is 91.8 cm³/mol. The summed E-state index contributed by atoms with van der Waals surface area (Å²) in [4.78, 5) is 0. The Morgan fingerprint density at radius 3 is 2.40 bits per heavy atom. The second-order valence-electron chi connectivity index (χ2n) is 4.14. The average molecular weight is 465 g/mol. The van der Waals surface area contributed by atoms with Crippen molar-refractivity contribution in [3.63, 3.8) is 0 Å². The normalized spacial score (nSPS) is 10.4. The van der Waals surface area contributed by atoms with Crippen LogP contribution >= 0.6 is 47.8 Å². The highest BCUT2D eigenvalue weighted by molar-refractivity contribution is 9.11. The third-order valence-corrected chi connectivity index (χ3v) is 4.49. The number of hydrogen-bond acceptors (Lipinski definition) is 2. The first-order chi connectivity index (χ1) is 9.63. The maximum absolute atomic E-state index is 5.89. The third-order valence-electron chi connectivity index (χ3n) is 2.78. The molecule has 5 heteroatoms. The predicted octanol–water partition coefficient (Wildman–Crippen LogP) is 5.69. The molecule has 0 atom stereocenters. The van der Waals surface area contributed by atoms with Crippen LogP contribution in [-0.4, -0.2) is 7.11 Å². The highest BCUT2D eigenvalue weighted by Crippen LogP contribution is 2.28. The zero-order chi connectivity index (χ0) is 14.5. The Balaban J connectivity index is 2.10. The van der Waals surface area contributed by atoms with Gasteiger partial charge in [0.05, 0.1) is 11.6 Å². The van der Waals surface area contributed by atoms with Gasteiger partial charge in [0.2, 0.25) is 0 Å². The lowest BCUT2D eigenvalue weighted by Crippen LogP contribution is -1.98. The smallest absolute Gasteiger partial charge is 0.133 e. The summed E-state index contributed by atoms with van der Waals surface area (Å²) in [6.45, 7) is 0.518. The molecule has 0 amide bonds. The molecule has 20 heavy (non-hydrogen) atoms. The number of alkyl halides is 1. The second-order valence-corrected chi connectivity index (χ2v) is 6.47. The van der Waals surface area contributed by atoms with Crippen LogP contribution < -0.4 is 9.47 Å². The van der Waals surface area contributed by atoms with E-state index in [0.717, 1.165) is 36.9 Å². The van der Waals surface area contributed by atoms with Crippen molar-refractivity contribution < 1.29 is 9.47 Å². The quantitative estimate of drug-likeness (QED) is 0.529. The molecule has 0 fully saturated rings. The molecule has 0 aliphatic carbocycles. The van der Waals surface area contributed by atoms with Gasteiger partial charge in [-0.2, -0.15) is 0 Å². The number of methoxy groups -OCH3 is 1. The Kier molecular flexibility index (Phi) is 5.93. The van der Waals surface area contributed by atoms with E-state index in [9.17, 15) is 0 Å². The van der Waals surface area contributed by atoms with E-state index in [-0.39, 0.29) is 0 Å². The van der Waals surface area contributed by atoms with Gasteiger partial charge < -0.3 is 9.47 Å². The van der Waals surface area contributed by atoms with Crippen molar-refractivity contribution in [1.82, 2.24) is 0 Å². The SMILES string of the molecule is COc1ccc(COc2ccc(Br)cc2CBr)cc1Br. The molecule has 0 saturated carbocycles. The zero-order valence-electron chi connectivity index (χ0n) is 10.8. The van der Waals surface area contributed by atoms with Gasteiger partial charge in [-0.15, -0.1) is 0 Å². The van der Waals surface area contributed by atoms with E-state index in [1.807, 2.05) is 36.4 Å². The molecule has 0 bridgehead atoms. The molecule has 2 aromatic carbocycles. The van der Waals surface area contributed by atoms with Gasteiger partial charge in [-0.1, -0.05) is 37.9 Å². The van der Waals surface area contributed by atoms with Gasteiger partial charge in [0.25, 0.3) is 0 Å². The molecule has 2 nitrogen and oxygen atoms in total. The van der Waals surface area contributed by atoms with E-state index in [1.165, 1.54) is 0 Å². The van der Waals surface area contributed by atoms with Crippen molar-refractivity contribution in [3.05, 3.63) is 56.5 Å². The van der Waals surface area contributed by atoms with Crippen molar-refractivity contribution in [2.45, 2.75) is 11.9 Å². The van der Waals surface area contributed by atoms with Crippen LogP contribution in [0.3, 0.4) is 0 Å². The van der Waals surface area contributed by atoms with Gasteiger partial charge in [-0.3, -0.25) is 0 Å². The van der Waals surface area contributed by atoms with Crippen molar-refractivity contribution in [1.29, 1.82) is 0 Å². The molecule has 0 aliphatic heterocycles. The summed E-state index contributed by atoms with van der Waals surface area (Å²) >= 11 is 10.4. The summed E-state index contributed by atoms with van der Waals surface area (Å²) in [6.07, 6.45) is 0. The zero-order valence-corrected chi connectivity index (χ0v) is 15.6. The van der Waals surface area contributed by atoms with Crippen LogP contribution in [0.1, 0.15) is 11.1 Å². The minimum absolute atomic E-state index is 0.518. The first-order valence-electron chi connectivity index (χ1n) is 5.93. The Morgan fingerprint density at radius 1 is 1.00 bits per heavy atom. The lowest BCUT2D eigenvalue weighted by atomic mass is 10.2. The van der Waals surface area contributed by atoms with Crippen LogP contribution in [0.5, 0.6) is 11.5 Å². The molecule has 2 aromatic rings. The molecule has 0 unspecified atom stereocenters. The second kappa shape index (κ2) is 7.48. The largest absolute Gasteiger partial charge is 0.496 e. The van der Waals surface area contributed by atoms with Crippen molar-refractivity contribution in [2.75, 3.05) is 7.11 Å². The summed E-state index contributed by atoms with van der Waals surface area (Å²) in [6, 6.07) is 11.9. The lowest BCUT2D eigenvalue weighted by Gasteiger charge is -2.11. The fourth-order valence-electron chi connectivity index (χ4n) is 1.75. The maximum atomic E-state index is 5.89. The number of ether oxygens (including phenoxy) is 2. The van der Waals surface area contributed by atoms with E-state index in [1.54, 1.807) is 7.11 Å². The van der Waals surface area contributed by atoms with Crippen molar-refractivity contribution in [3.8, 4) is 11.5 Å². The van der Waals surface area contributed by atoms with Gasteiger partial charge in [0.1, 0.15) is 18.1 Å². The monoisotopic (exact) mass is 462 g/mol. The Morgan fingerprint density at radius 2 is 1.75 bits per heavy atom. The molecule has 0 aliphatic rings. The van der Waals surface area contributed by atoms with Crippen LogP contribution in [0.4, 0.5) is 0 Å².